The number of ketones is 1. The predicted molar refractivity (Wildman–Crippen MR) is 69.3 cm³/mol. The zero-order chi connectivity index (χ0) is 13.3. The maximum Gasteiger partial charge on any atom is 0.189 e. The second-order valence-electron chi connectivity index (χ2n) is 4.31. The largest absolute Gasteiger partial charge is 0.289 e. The van der Waals surface area contributed by atoms with Crippen molar-refractivity contribution in [3.63, 3.8) is 0 Å². The zero-order valence-corrected chi connectivity index (χ0v) is 11.0. The molecule has 0 N–H and O–H groups in total. The van der Waals surface area contributed by atoms with Crippen molar-refractivity contribution in [1.29, 1.82) is 0 Å². The summed E-state index contributed by atoms with van der Waals surface area (Å²) in [5.41, 5.74) is 3.23. The van der Waals surface area contributed by atoms with Crippen LogP contribution in [0.2, 0.25) is 0 Å². The van der Waals surface area contributed by atoms with Crippen molar-refractivity contribution in [2.75, 3.05) is 0 Å². The van der Waals surface area contributed by atoms with Crippen LogP contribution in [0.15, 0.2) is 18.5 Å². The van der Waals surface area contributed by atoms with E-state index >= 15 is 0 Å². The van der Waals surface area contributed by atoms with Crippen LogP contribution in [0.5, 0.6) is 0 Å². The van der Waals surface area contributed by atoms with Gasteiger partial charge in [0.05, 0.1) is 17.5 Å². The molecule has 2 heterocycles. The van der Waals surface area contributed by atoms with Gasteiger partial charge >= 0.3 is 0 Å². The van der Waals surface area contributed by atoms with E-state index in [0.717, 1.165) is 17.0 Å². The van der Waals surface area contributed by atoms with Crippen molar-refractivity contribution in [2.45, 2.75) is 13.8 Å². The van der Waals surface area contributed by atoms with Crippen molar-refractivity contribution in [1.82, 2.24) is 19.6 Å². The van der Waals surface area contributed by atoms with E-state index in [1.165, 1.54) is 0 Å². The Hall–Kier alpha value is -2.17. The van der Waals surface area contributed by atoms with Gasteiger partial charge in [0, 0.05) is 31.5 Å². The van der Waals surface area contributed by atoms with Gasteiger partial charge in [-0.1, -0.05) is 0 Å². The summed E-state index contributed by atoms with van der Waals surface area (Å²) in [5.74, 6) is -0.0260. The number of carbonyl (C=O) groups excluding carboxylic acids is 1. The Morgan fingerprint density at radius 1 is 1.33 bits per heavy atom. The molecule has 0 aliphatic heterocycles. The number of rotatable bonds is 3. The van der Waals surface area contributed by atoms with E-state index in [4.69, 9.17) is 0 Å². The first-order valence-electron chi connectivity index (χ1n) is 5.70. The van der Waals surface area contributed by atoms with Crippen LogP contribution in [0.1, 0.15) is 27.3 Å². The molecule has 0 unspecified atom stereocenters. The van der Waals surface area contributed by atoms with Gasteiger partial charge in [0.15, 0.2) is 5.78 Å². The highest BCUT2D eigenvalue weighted by Gasteiger charge is 2.14. The minimum Gasteiger partial charge on any atom is -0.289 e. The van der Waals surface area contributed by atoms with Gasteiger partial charge in [-0.05, 0) is 26.0 Å². The number of hydrogen-bond acceptors (Lipinski definition) is 3. The summed E-state index contributed by atoms with van der Waals surface area (Å²) in [7, 11) is 3.68. The third-order valence-corrected chi connectivity index (χ3v) is 2.91. The number of aryl methyl sites for hydroxylation is 3. The van der Waals surface area contributed by atoms with E-state index in [2.05, 4.69) is 10.2 Å². The molecule has 0 saturated carbocycles. The van der Waals surface area contributed by atoms with Gasteiger partial charge in [0.2, 0.25) is 0 Å². The van der Waals surface area contributed by atoms with E-state index in [1.807, 2.05) is 34.1 Å². The monoisotopic (exact) mass is 244 g/mol. The Morgan fingerprint density at radius 2 is 2.06 bits per heavy atom. The summed E-state index contributed by atoms with van der Waals surface area (Å²) in [5, 5.41) is 8.28. The van der Waals surface area contributed by atoms with Gasteiger partial charge in [-0.3, -0.25) is 14.2 Å². The molecule has 0 atom stereocenters. The smallest absolute Gasteiger partial charge is 0.189 e. The van der Waals surface area contributed by atoms with Gasteiger partial charge in [-0.25, -0.2) is 0 Å². The minimum absolute atomic E-state index is 0.0260. The molecular formula is C13H16N4O. The molecule has 2 rings (SSSR count). The zero-order valence-electron chi connectivity index (χ0n) is 11.0. The van der Waals surface area contributed by atoms with E-state index < -0.39 is 0 Å². The first kappa shape index (κ1) is 12.3. The Kier molecular flexibility index (Phi) is 3.14. The number of hydrogen-bond donors (Lipinski definition) is 0. The first-order chi connectivity index (χ1) is 8.49. The van der Waals surface area contributed by atoms with Crippen LogP contribution in [0.25, 0.3) is 6.08 Å². The second kappa shape index (κ2) is 4.60. The molecule has 5 nitrogen and oxygen atoms in total. The highest BCUT2D eigenvalue weighted by Crippen LogP contribution is 2.13. The maximum absolute atomic E-state index is 12.1. The van der Waals surface area contributed by atoms with Crippen LogP contribution < -0.4 is 0 Å². The molecule has 0 aromatic carbocycles. The number of nitrogens with zero attached hydrogens (tertiary/aromatic N) is 4. The van der Waals surface area contributed by atoms with Crippen molar-refractivity contribution < 1.29 is 4.79 Å². The molecule has 0 fully saturated rings. The summed E-state index contributed by atoms with van der Waals surface area (Å²) in [4.78, 5) is 12.1. The molecule has 0 radical (unpaired) electrons. The lowest BCUT2D eigenvalue weighted by atomic mass is 10.1. The van der Waals surface area contributed by atoms with Crippen molar-refractivity contribution >= 4 is 11.9 Å². The normalized spacial score (nSPS) is 11.3. The molecule has 0 amide bonds. The summed E-state index contributed by atoms with van der Waals surface area (Å²) in [6.07, 6.45) is 6.90. The van der Waals surface area contributed by atoms with Crippen LogP contribution in [0, 0.1) is 13.8 Å². The summed E-state index contributed by atoms with van der Waals surface area (Å²) in [6, 6.07) is 0. The minimum atomic E-state index is -0.0260. The van der Waals surface area contributed by atoms with Gasteiger partial charge < -0.3 is 0 Å². The maximum atomic E-state index is 12.1. The third kappa shape index (κ3) is 2.25. The van der Waals surface area contributed by atoms with Gasteiger partial charge in [0.25, 0.3) is 0 Å². The summed E-state index contributed by atoms with van der Waals surface area (Å²) >= 11 is 0. The number of aromatic nitrogens is 4. The van der Waals surface area contributed by atoms with Crippen LogP contribution in [-0.2, 0) is 14.1 Å². The lowest BCUT2D eigenvalue weighted by Gasteiger charge is -1.96. The van der Waals surface area contributed by atoms with Crippen LogP contribution in [0.4, 0.5) is 0 Å². The number of carbonyl (C=O) groups is 1. The number of allylic oxidation sites excluding steroid dienone is 1. The quantitative estimate of drug-likeness (QED) is 0.609. The molecule has 5 heteroatoms. The molecule has 0 saturated heterocycles. The fourth-order valence-electron chi connectivity index (χ4n) is 1.91. The second-order valence-corrected chi connectivity index (χ2v) is 4.31. The fraction of sp³-hybridized carbons (Fsp3) is 0.308. The molecule has 0 bridgehead atoms. The lowest BCUT2D eigenvalue weighted by Crippen LogP contribution is -1.99. The molecule has 0 spiro atoms. The molecule has 2 aromatic heterocycles. The Bertz CT molecular complexity index is 619. The average Bonchev–Trinajstić information content (AvgIpc) is 2.82. The highest BCUT2D eigenvalue weighted by molar-refractivity contribution is 6.08. The Morgan fingerprint density at radius 3 is 2.56 bits per heavy atom. The van der Waals surface area contributed by atoms with Crippen LogP contribution >= 0.6 is 0 Å². The molecule has 94 valence electrons. The Balaban J connectivity index is 2.25. The van der Waals surface area contributed by atoms with E-state index in [9.17, 15) is 4.79 Å². The van der Waals surface area contributed by atoms with E-state index in [-0.39, 0.29) is 5.78 Å². The van der Waals surface area contributed by atoms with E-state index in [0.29, 0.717) is 5.56 Å². The van der Waals surface area contributed by atoms with E-state index in [1.54, 1.807) is 27.7 Å². The molecule has 0 aliphatic rings. The lowest BCUT2D eigenvalue weighted by molar-refractivity contribution is 0.104. The molecular weight excluding hydrogens is 228 g/mol. The third-order valence-electron chi connectivity index (χ3n) is 2.91. The van der Waals surface area contributed by atoms with Gasteiger partial charge in [-0.2, -0.15) is 10.2 Å². The van der Waals surface area contributed by atoms with Gasteiger partial charge in [0.1, 0.15) is 0 Å². The van der Waals surface area contributed by atoms with Crippen molar-refractivity contribution in [3.8, 4) is 0 Å². The summed E-state index contributed by atoms with van der Waals surface area (Å²) < 4.78 is 3.42. The van der Waals surface area contributed by atoms with Crippen LogP contribution in [-0.4, -0.2) is 25.3 Å². The highest BCUT2D eigenvalue weighted by atomic mass is 16.1. The average molecular weight is 244 g/mol. The molecule has 18 heavy (non-hydrogen) atoms. The molecule has 0 aliphatic carbocycles. The van der Waals surface area contributed by atoms with Crippen molar-refractivity contribution in [2.24, 2.45) is 14.1 Å². The Labute approximate surface area is 106 Å². The SMILES string of the molecule is Cc1nn(C)c(C)c1C(=O)/C=C/c1cnn(C)c1. The van der Waals surface area contributed by atoms with Crippen LogP contribution in [0.3, 0.4) is 0 Å². The summed E-state index contributed by atoms with van der Waals surface area (Å²) in [6.45, 7) is 3.74. The first-order valence-corrected chi connectivity index (χ1v) is 5.70. The predicted octanol–water partition coefficient (Wildman–Crippen LogP) is 1.67. The fourth-order valence-corrected chi connectivity index (χ4v) is 1.91. The topological polar surface area (TPSA) is 52.7 Å². The van der Waals surface area contributed by atoms with Gasteiger partial charge in [-0.15, -0.1) is 0 Å². The standard InChI is InChI=1S/C13H16N4O/c1-9-13(10(2)17(4)15-9)12(18)6-5-11-7-14-16(3)8-11/h5-8H,1-4H3/b6-5+. The molecule has 2 aromatic rings. The van der Waals surface area contributed by atoms with Crippen molar-refractivity contribution in [3.05, 3.63) is 41.0 Å².